The van der Waals surface area contributed by atoms with Crippen molar-refractivity contribution in [3.63, 3.8) is 0 Å². The summed E-state index contributed by atoms with van der Waals surface area (Å²) in [6, 6.07) is 0. The fourth-order valence-corrected chi connectivity index (χ4v) is 6.24. The quantitative estimate of drug-likeness (QED) is 0.0351. The van der Waals surface area contributed by atoms with Gasteiger partial charge in [-0.25, -0.2) is 0 Å². The molecule has 322 valence electrons. The Hall–Kier alpha value is -2.66. The zero-order valence-electron chi connectivity index (χ0n) is 36.9. The zero-order chi connectivity index (χ0) is 40.7. The van der Waals surface area contributed by atoms with E-state index < -0.39 is 6.10 Å². The topological polar surface area (TPSA) is 61.8 Å². The van der Waals surface area contributed by atoms with E-state index in [4.69, 9.17) is 14.2 Å². The summed E-state index contributed by atoms with van der Waals surface area (Å²) in [4.78, 5) is 25.0. The first-order valence-electron chi connectivity index (χ1n) is 23.5. The van der Waals surface area contributed by atoms with Crippen molar-refractivity contribution in [1.82, 2.24) is 0 Å². The van der Waals surface area contributed by atoms with Crippen LogP contribution in [0.3, 0.4) is 0 Å². The lowest BCUT2D eigenvalue weighted by atomic mass is 10.1. The summed E-state index contributed by atoms with van der Waals surface area (Å²) in [7, 11) is 0. The molecule has 0 radical (unpaired) electrons. The molecule has 0 rings (SSSR count). The zero-order valence-corrected chi connectivity index (χ0v) is 36.9. The maximum Gasteiger partial charge on any atom is 0.306 e. The molecule has 56 heavy (non-hydrogen) atoms. The number of unbranched alkanes of at least 4 members (excludes halogenated alkanes) is 19. The van der Waals surface area contributed by atoms with Crippen LogP contribution in [0.5, 0.6) is 0 Å². The molecule has 0 spiro atoms. The maximum absolute atomic E-state index is 12.5. The minimum absolute atomic E-state index is 0.0633. The van der Waals surface area contributed by atoms with Gasteiger partial charge in [-0.2, -0.15) is 0 Å². The van der Waals surface area contributed by atoms with Crippen LogP contribution in [-0.4, -0.2) is 37.9 Å². The van der Waals surface area contributed by atoms with Crippen LogP contribution in [0.4, 0.5) is 0 Å². The van der Waals surface area contributed by atoms with Gasteiger partial charge in [-0.1, -0.05) is 184 Å². The summed E-state index contributed by atoms with van der Waals surface area (Å²) in [5.74, 6) is -0.452. The van der Waals surface area contributed by atoms with Crippen molar-refractivity contribution in [1.29, 1.82) is 0 Å². The van der Waals surface area contributed by atoms with E-state index in [1.54, 1.807) is 0 Å². The Balaban J connectivity index is 4.13. The first-order chi connectivity index (χ1) is 27.6. The fourth-order valence-electron chi connectivity index (χ4n) is 6.24. The highest BCUT2D eigenvalue weighted by atomic mass is 16.6. The Morgan fingerprint density at radius 1 is 0.411 bits per heavy atom. The van der Waals surface area contributed by atoms with E-state index in [-0.39, 0.29) is 25.2 Å². The molecule has 5 nitrogen and oxygen atoms in total. The summed E-state index contributed by atoms with van der Waals surface area (Å²) in [5.41, 5.74) is 0. The molecule has 0 heterocycles. The normalized spacial score (nSPS) is 12.8. The second-order valence-corrected chi connectivity index (χ2v) is 15.3. The molecule has 5 heteroatoms. The summed E-state index contributed by atoms with van der Waals surface area (Å²) in [5, 5.41) is 0. The number of ether oxygens (including phenoxy) is 3. The fraction of sp³-hybridized carbons (Fsp3) is 0.725. The largest absolute Gasteiger partial charge is 0.462 e. The van der Waals surface area contributed by atoms with Crippen molar-refractivity contribution >= 4 is 11.9 Å². The number of esters is 2. The Morgan fingerprint density at radius 2 is 0.804 bits per heavy atom. The molecule has 0 aromatic carbocycles. The number of hydrogen-bond donors (Lipinski definition) is 0. The molecule has 1 atom stereocenters. The van der Waals surface area contributed by atoms with Crippen molar-refractivity contribution in [2.24, 2.45) is 0 Å². The highest BCUT2D eigenvalue weighted by Gasteiger charge is 2.17. The van der Waals surface area contributed by atoms with E-state index >= 15 is 0 Å². The smallest absolute Gasteiger partial charge is 0.306 e. The molecule has 0 aliphatic rings. The van der Waals surface area contributed by atoms with Gasteiger partial charge in [0, 0.05) is 19.4 Å². The van der Waals surface area contributed by atoms with Gasteiger partial charge in [0.2, 0.25) is 0 Å². The average Bonchev–Trinajstić information content (AvgIpc) is 3.20. The SMILES string of the molecule is CC/C=C\C/C=C\C/C=C\C/C=C\C/C=C\CCCCCC(=O)OCC(COCCCCCCCC/C=C\CCCCCCCC)OC(=O)CCCCCCC. The number of carbonyl (C=O) groups is 2. The second kappa shape index (κ2) is 46.7. The average molecular weight is 781 g/mol. The van der Waals surface area contributed by atoms with Crippen molar-refractivity contribution in [2.45, 2.75) is 219 Å². The molecule has 0 aromatic rings. The summed E-state index contributed by atoms with van der Waals surface area (Å²) >= 11 is 0. The van der Waals surface area contributed by atoms with Crippen LogP contribution in [0, 0.1) is 0 Å². The Morgan fingerprint density at radius 3 is 1.32 bits per heavy atom. The molecular weight excluding hydrogens is 693 g/mol. The number of rotatable bonds is 42. The Bertz CT molecular complexity index is 1020. The molecule has 1 unspecified atom stereocenters. The molecule has 0 saturated heterocycles. The van der Waals surface area contributed by atoms with E-state index in [0.717, 1.165) is 89.9 Å². The highest BCUT2D eigenvalue weighted by molar-refractivity contribution is 5.70. The second-order valence-electron chi connectivity index (χ2n) is 15.3. The molecule has 0 fully saturated rings. The molecule has 0 aliphatic heterocycles. The van der Waals surface area contributed by atoms with Crippen LogP contribution >= 0.6 is 0 Å². The van der Waals surface area contributed by atoms with E-state index in [0.29, 0.717) is 19.4 Å². The van der Waals surface area contributed by atoms with Crippen LogP contribution in [0.2, 0.25) is 0 Å². The number of carbonyl (C=O) groups excluding carboxylic acids is 2. The van der Waals surface area contributed by atoms with Crippen LogP contribution in [0.15, 0.2) is 72.9 Å². The Labute approximate surface area is 347 Å². The van der Waals surface area contributed by atoms with E-state index in [1.165, 1.54) is 89.9 Å². The van der Waals surface area contributed by atoms with Crippen molar-refractivity contribution in [3.8, 4) is 0 Å². The predicted octanol–water partition coefficient (Wildman–Crippen LogP) is 15.6. The van der Waals surface area contributed by atoms with E-state index in [1.807, 2.05) is 0 Å². The lowest BCUT2D eigenvalue weighted by Gasteiger charge is -2.18. The lowest BCUT2D eigenvalue weighted by molar-refractivity contribution is -0.163. The molecular formula is C51H88O5. The van der Waals surface area contributed by atoms with E-state index in [2.05, 4.69) is 93.7 Å². The van der Waals surface area contributed by atoms with Crippen molar-refractivity contribution in [2.75, 3.05) is 19.8 Å². The molecule has 0 N–H and O–H groups in total. The van der Waals surface area contributed by atoms with Gasteiger partial charge in [-0.15, -0.1) is 0 Å². The van der Waals surface area contributed by atoms with Crippen LogP contribution in [0.25, 0.3) is 0 Å². The van der Waals surface area contributed by atoms with Crippen LogP contribution < -0.4 is 0 Å². The van der Waals surface area contributed by atoms with Gasteiger partial charge in [-0.3, -0.25) is 9.59 Å². The maximum atomic E-state index is 12.5. The van der Waals surface area contributed by atoms with Gasteiger partial charge in [0.25, 0.3) is 0 Å². The number of hydrogen-bond acceptors (Lipinski definition) is 5. The summed E-state index contributed by atoms with van der Waals surface area (Å²) < 4.78 is 17.2. The summed E-state index contributed by atoms with van der Waals surface area (Å²) in [6.45, 7) is 7.59. The molecule has 0 amide bonds. The minimum atomic E-state index is -0.550. The highest BCUT2D eigenvalue weighted by Crippen LogP contribution is 2.12. The van der Waals surface area contributed by atoms with Gasteiger partial charge in [0.1, 0.15) is 6.61 Å². The molecule has 0 aliphatic carbocycles. The van der Waals surface area contributed by atoms with Gasteiger partial charge < -0.3 is 14.2 Å². The van der Waals surface area contributed by atoms with Gasteiger partial charge in [-0.05, 0) is 89.9 Å². The Kier molecular flexibility index (Phi) is 44.5. The third-order valence-corrected chi connectivity index (χ3v) is 9.73. The standard InChI is InChI=1S/C51H88O5/c1-4-7-10-13-15-17-19-21-23-25-26-27-28-30-32-34-36-39-41-44-50(52)55-48-49(56-51(53)45-42-38-12-9-6-3)47-54-46-43-40-37-35-33-31-29-24-22-20-18-16-14-11-8-5-2/h7,10,15,17,21-24,26-27,30,32,49H,4-6,8-9,11-14,16,18-20,25,28-29,31,33-48H2,1-3H3/b10-7-,17-15-,23-21-,24-22-,27-26-,32-30-. The van der Waals surface area contributed by atoms with Gasteiger partial charge >= 0.3 is 11.9 Å². The minimum Gasteiger partial charge on any atom is -0.462 e. The third kappa shape index (κ3) is 44.1. The predicted molar refractivity (Wildman–Crippen MR) is 242 cm³/mol. The molecule has 0 aromatic heterocycles. The lowest BCUT2D eigenvalue weighted by Crippen LogP contribution is -2.30. The third-order valence-electron chi connectivity index (χ3n) is 9.73. The first kappa shape index (κ1) is 53.3. The monoisotopic (exact) mass is 781 g/mol. The summed E-state index contributed by atoms with van der Waals surface area (Å²) in [6.07, 6.45) is 59.3. The van der Waals surface area contributed by atoms with Crippen molar-refractivity contribution < 1.29 is 23.8 Å². The van der Waals surface area contributed by atoms with Crippen molar-refractivity contribution in [3.05, 3.63) is 72.9 Å². The van der Waals surface area contributed by atoms with Gasteiger partial charge in [0.15, 0.2) is 6.10 Å². The molecule has 0 saturated carbocycles. The van der Waals surface area contributed by atoms with Gasteiger partial charge in [0.05, 0.1) is 6.61 Å². The van der Waals surface area contributed by atoms with Crippen LogP contribution in [-0.2, 0) is 23.8 Å². The van der Waals surface area contributed by atoms with E-state index in [9.17, 15) is 9.59 Å². The number of allylic oxidation sites excluding steroid dienone is 12. The van der Waals surface area contributed by atoms with Crippen LogP contribution in [0.1, 0.15) is 213 Å². The first-order valence-corrected chi connectivity index (χ1v) is 23.5. The molecule has 0 bridgehead atoms.